The van der Waals surface area contributed by atoms with Gasteiger partial charge in [-0.2, -0.15) is 0 Å². The molecule has 0 aliphatic heterocycles. The summed E-state index contributed by atoms with van der Waals surface area (Å²) in [5.41, 5.74) is 2.63. The fraction of sp³-hybridized carbons (Fsp3) is 0.500. The maximum atomic E-state index is 5.09. The van der Waals surface area contributed by atoms with Crippen molar-refractivity contribution in [3.63, 3.8) is 0 Å². The van der Waals surface area contributed by atoms with E-state index in [2.05, 4.69) is 36.5 Å². The Hall–Kier alpha value is -0.860. The van der Waals surface area contributed by atoms with Crippen LogP contribution in [-0.4, -0.2) is 20.2 Å². The zero-order valence-electron chi connectivity index (χ0n) is 9.05. The van der Waals surface area contributed by atoms with Gasteiger partial charge in [-0.3, -0.25) is 0 Å². The third-order valence-electron chi connectivity index (χ3n) is 2.14. The van der Waals surface area contributed by atoms with E-state index in [1.807, 2.05) is 0 Å². The average molecular weight is 193 g/mol. The molecule has 2 heteroatoms. The summed E-state index contributed by atoms with van der Waals surface area (Å²) in [6, 6.07) is 8.56. The van der Waals surface area contributed by atoms with Gasteiger partial charge in [0.2, 0.25) is 0 Å². The summed E-state index contributed by atoms with van der Waals surface area (Å²) in [4.78, 5) is 0. The zero-order chi connectivity index (χ0) is 10.2. The molecular weight excluding hydrogens is 174 g/mol. The van der Waals surface area contributed by atoms with Crippen molar-refractivity contribution in [1.29, 1.82) is 0 Å². The van der Waals surface area contributed by atoms with Crippen molar-refractivity contribution in [1.82, 2.24) is 5.32 Å². The molecule has 0 heterocycles. The topological polar surface area (TPSA) is 21.3 Å². The van der Waals surface area contributed by atoms with Gasteiger partial charge in [-0.25, -0.2) is 0 Å². The van der Waals surface area contributed by atoms with E-state index in [9.17, 15) is 0 Å². The number of methoxy groups -OCH3 is 1. The van der Waals surface area contributed by atoms with Crippen molar-refractivity contribution >= 4 is 0 Å². The third kappa shape index (κ3) is 3.90. The third-order valence-corrected chi connectivity index (χ3v) is 2.14. The van der Waals surface area contributed by atoms with Crippen molar-refractivity contribution in [3.05, 3.63) is 35.4 Å². The molecule has 0 amide bonds. The molecule has 78 valence electrons. The summed E-state index contributed by atoms with van der Waals surface area (Å²) in [7, 11) is 1.73. The summed E-state index contributed by atoms with van der Waals surface area (Å²) < 4.78 is 5.09. The molecule has 2 nitrogen and oxygen atoms in total. The molecule has 0 bridgehead atoms. The maximum absolute atomic E-state index is 5.09. The summed E-state index contributed by atoms with van der Waals surface area (Å²) >= 11 is 0. The molecule has 0 aromatic heterocycles. The molecule has 0 aliphatic carbocycles. The smallest absolute Gasteiger partial charge is 0.0713 e. The second kappa shape index (κ2) is 6.57. The van der Waals surface area contributed by atoms with Gasteiger partial charge in [0.15, 0.2) is 0 Å². The highest BCUT2D eigenvalue weighted by Gasteiger charge is 1.95. The highest BCUT2D eigenvalue weighted by Crippen LogP contribution is 2.06. The first-order chi connectivity index (χ1) is 6.86. The van der Waals surface area contributed by atoms with Gasteiger partial charge in [0.1, 0.15) is 0 Å². The Balaban J connectivity index is 2.46. The maximum Gasteiger partial charge on any atom is 0.0713 e. The molecular formula is C12H19NO. The minimum atomic E-state index is 0.703. The predicted octanol–water partition coefficient (Wildman–Crippen LogP) is 1.99. The van der Waals surface area contributed by atoms with Crippen LogP contribution in [0.5, 0.6) is 0 Å². The largest absolute Gasteiger partial charge is 0.380 e. The monoisotopic (exact) mass is 193 g/mol. The van der Waals surface area contributed by atoms with Gasteiger partial charge in [0.25, 0.3) is 0 Å². The Labute approximate surface area is 86.3 Å². The van der Waals surface area contributed by atoms with Crippen molar-refractivity contribution < 1.29 is 4.74 Å². The zero-order valence-corrected chi connectivity index (χ0v) is 9.05. The van der Waals surface area contributed by atoms with E-state index in [-0.39, 0.29) is 0 Å². The molecule has 0 atom stereocenters. The highest BCUT2D eigenvalue weighted by atomic mass is 16.5. The van der Waals surface area contributed by atoms with Crippen molar-refractivity contribution in [3.8, 4) is 0 Å². The number of likely N-dealkylation sites (N-methyl/N-ethyl adjacent to an activating group) is 1. The van der Waals surface area contributed by atoms with Gasteiger partial charge in [-0.15, -0.1) is 0 Å². The van der Waals surface area contributed by atoms with E-state index >= 15 is 0 Å². The summed E-state index contributed by atoms with van der Waals surface area (Å²) in [5, 5.41) is 3.32. The number of hydrogen-bond donors (Lipinski definition) is 1. The quantitative estimate of drug-likeness (QED) is 0.698. The normalized spacial score (nSPS) is 10.4. The van der Waals surface area contributed by atoms with Crippen molar-refractivity contribution in [2.75, 3.05) is 20.2 Å². The fourth-order valence-electron chi connectivity index (χ4n) is 1.45. The Kier molecular flexibility index (Phi) is 5.27. The molecule has 0 saturated carbocycles. The lowest BCUT2D eigenvalue weighted by Gasteiger charge is -2.04. The second-order valence-electron chi connectivity index (χ2n) is 3.36. The molecule has 0 spiro atoms. The van der Waals surface area contributed by atoms with Gasteiger partial charge in [0, 0.05) is 7.11 Å². The molecule has 0 fully saturated rings. The standard InChI is InChI=1S/C12H19NO/c1-3-13-8-7-11-5-4-6-12(9-11)10-14-2/h4-6,9,13H,3,7-8,10H2,1-2H3. The Morgan fingerprint density at radius 2 is 2.07 bits per heavy atom. The van der Waals surface area contributed by atoms with Crippen LogP contribution in [-0.2, 0) is 17.8 Å². The van der Waals surface area contributed by atoms with Crippen LogP contribution in [0, 0.1) is 0 Å². The lowest BCUT2D eigenvalue weighted by atomic mass is 10.1. The predicted molar refractivity (Wildman–Crippen MR) is 59.4 cm³/mol. The number of nitrogens with one attached hydrogen (secondary N) is 1. The molecule has 14 heavy (non-hydrogen) atoms. The van der Waals surface area contributed by atoms with Crippen LogP contribution in [0.15, 0.2) is 24.3 Å². The fourth-order valence-corrected chi connectivity index (χ4v) is 1.45. The van der Waals surface area contributed by atoms with Crippen molar-refractivity contribution in [2.24, 2.45) is 0 Å². The lowest BCUT2D eigenvalue weighted by molar-refractivity contribution is 0.185. The van der Waals surface area contributed by atoms with Crippen LogP contribution in [0.1, 0.15) is 18.1 Å². The summed E-state index contributed by atoms with van der Waals surface area (Å²) in [6.07, 6.45) is 1.09. The van der Waals surface area contributed by atoms with E-state index in [1.165, 1.54) is 11.1 Å². The Morgan fingerprint density at radius 1 is 1.29 bits per heavy atom. The molecule has 1 rings (SSSR count). The van der Waals surface area contributed by atoms with Gasteiger partial charge in [-0.05, 0) is 30.6 Å². The number of rotatable bonds is 6. The summed E-state index contributed by atoms with van der Waals surface area (Å²) in [5.74, 6) is 0. The summed E-state index contributed by atoms with van der Waals surface area (Å²) in [6.45, 7) is 4.92. The molecule has 0 unspecified atom stereocenters. The van der Waals surface area contributed by atoms with E-state index in [4.69, 9.17) is 4.74 Å². The van der Waals surface area contributed by atoms with Crippen LogP contribution >= 0.6 is 0 Å². The van der Waals surface area contributed by atoms with Crippen LogP contribution in [0.4, 0.5) is 0 Å². The first-order valence-corrected chi connectivity index (χ1v) is 5.14. The van der Waals surface area contributed by atoms with Gasteiger partial charge in [0.05, 0.1) is 6.61 Å². The van der Waals surface area contributed by atoms with Crippen LogP contribution < -0.4 is 5.32 Å². The molecule has 1 N–H and O–H groups in total. The van der Waals surface area contributed by atoms with E-state index in [0.717, 1.165) is 19.5 Å². The van der Waals surface area contributed by atoms with Crippen LogP contribution in [0.2, 0.25) is 0 Å². The molecule has 0 aliphatic rings. The second-order valence-corrected chi connectivity index (χ2v) is 3.36. The van der Waals surface area contributed by atoms with Crippen LogP contribution in [0.3, 0.4) is 0 Å². The SMILES string of the molecule is CCNCCc1cccc(COC)c1. The first-order valence-electron chi connectivity index (χ1n) is 5.14. The average Bonchev–Trinajstić information content (AvgIpc) is 2.19. The van der Waals surface area contributed by atoms with E-state index in [1.54, 1.807) is 7.11 Å². The minimum absolute atomic E-state index is 0.703. The van der Waals surface area contributed by atoms with Crippen LogP contribution in [0.25, 0.3) is 0 Å². The highest BCUT2D eigenvalue weighted by molar-refractivity contribution is 5.23. The van der Waals surface area contributed by atoms with Gasteiger partial charge >= 0.3 is 0 Å². The molecule has 1 aromatic rings. The first kappa shape index (κ1) is 11.2. The number of hydrogen-bond acceptors (Lipinski definition) is 2. The number of benzene rings is 1. The number of ether oxygens (including phenoxy) is 1. The Morgan fingerprint density at radius 3 is 2.79 bits per heavy atom. The van der Waals surface area contributed by atoms with E-state index < -0.39 is 0 Å². The Bertz CT molecular complexity index is 260. The van der Waals surface area contributed by atoms with E-state index in [0.29, 0.717) is 6.61 Å². The van der Waals surface area contributed by atoms with Gasteiger partial charge in [-0.1, -0.05) is 31.2 Å². The minimum Gasteiger partial charge on any atom is -0.380 e. The molecule has 0 radical (unpaired) electrons. The lowest BCUT2D eigenvalue weighted by Crippen LogP contribution is -2.16. The molecule has 0 saturated heterocycles. The molecule has 1 aromatic carbocycles. The van der Waals surface area contributed by atoms with Crippen molar-refractivity contribution in [2.45, 2.75) is 20.0 Å². The van der Waals surface area contributed by atoms with Gasteiger partial charge < -0.3 is 10.1 Å².